The van der Waals surface area contributed by atoms with Crippen molar-refractivity contribution in [2.45, 2.75) is 6.92 Å². The molecule has 25 heavy (non-hydrogen) atoms. The van der Waals surface area contributed by atoms with Gasteiger partial charge in [0, 0.05) is 22.5 Å². The number of phenolic OH excluding ortho intramolecular Hbond substituents is 1. The first-order valence-electron chi connectivity index (χ1n) is 8.14. The van der Waals surface area contributed by atoms with E-state index in [1.807, 2.05) is 48.5 Å². The van der Waals surface area contributed by atoms with Crippen molar-refractivity contribution in [3.8, 4) is 5.75 Å². The van der Waals surface area contributed by atoms with Crippen molar-refractivity contribution in [2.75, 3.05) is 5.32 Å². The first-order chi connectivity index (χ1) is 12.1. The smallest absolute Gasteiger partial charge is 0.159 e. The lowest BCUT2D eigenvalue weighted by Gasteiger charge is -2.12. The number of anilines is 2. The van der Waals surface area contributed by atoms with E-state index < -0.39 is 0 Å². The van der Waals surface area contributed by atoms with Crippen molar-refractivity contribution < 1.29 is 9.90 Å². The Morgan fingerprint density at radius 3 is 2.44 bits per heavy atom. The molecular weight excluding hydrogens is 310 g/mol. The van der Waals surface area contributed by atoms with Crippen molar-refractivity contribution in [2.24, 2.45) is 0 Å². The first-order valence-corrected chi connectivity index (χ1v) is 8.14. The minimum atomic E-state index is 0.0455. The Morgan fingerprint density at radius 1 is 0.920 bits per heavy atom. The summed E-state index contributed by atoms with van der Waals surface area (Å²) < 4.78 is 0. The van der Waals surface area contributed by atoms with Crippen LogP contribution in [-0.2, 0) is 0 Å². The Labute approximate surface area is 146 Å². The highest BCUT2D eigenvalue weighted by Crippen LogP contribution is 2.38. The number of ketones is 1. The molecule has 3 aromatic rings. The van der Waals surface area contributed by atoms with E-state index in [-0.39, 0.29) is 11.5 Å². The van der Waals surface area contributed by atoms with Gasteiger partial charge >= 0.3 is 0 Å². The van der Waals surface area contributed by atoms with Gasteiger partial charge in [-0.05, 0) is 66.1 Å². The number of Topliss-reactive ketones (excluding diaryl/α,β-unsaturated/α-hetero) is 1. The molecule has 0 spiro atoms. The van der Waals surface area contributed by atoms with Gasteiger partial charge < -0.3 is 10.4 Å². The van der Waals surface area contributed by atoms with Crippen LogP contribution in [0.4, 0.5) is 11.4 Å². The molecule has 3 heteroatoms. The fourth-order valence-corrected chi connectivity index (χ4v) is 3.10. The van der Waals surface area contributed by atoms with Crippen molar-refractivity contribution in [1.29, 1.82) is 0 Å². The van der Waals surface area contributed by atoms with Crippen LogP contribution in [0.2, 0.25) is 0 Å². The molecule has 1 aliphatic rings. The molecule has 0 radical (unpaired) electrons. The standard InChI is InChI=1S/C22H17NO2/c1-14(24)16-8-11-21-17(12-16)13-20(15-6-9-18(25)10-7-15)19-4-2-3-5-22(19)23-21/h2-13,23,25H,1H3. The van der Waals surface area contributed by atoms with Gasteiger partial charge in [0.1, 0.15) is 5.75 Å². The van der Waals surface area contributed by atoms with Crippen LogP contribution in [0.5, 0.6) is 5.75 Å². The number of para-hydroxylation sites is 1. The van der Waals surface area contributed by atoms with E-state index in [4.69, 9.17) is 0 Å². The number of hydrogen-bond acceptors (Lipinski definition) is 3. The maximum atomic E-state index is 11.8. The Balaban J connectivity index is 1.96. The molecule has 122 valence electrons. The lowest BCUT2D eigenvalue weighted by Crippen LogP contribution is -1.97. The zero-order valence-electron chi connectivity index (χ0n) is 13.8. The minimum Gasteiger partial charge on any atom is -0.508 e. The van der Waals surface area contributed by atoms with Crippen LogP contribution < -0.4 is 5.32 Å². The van der Waals surface area contributed by atoms with Crippen molar-refractivity contribution in [3.05, 3.63) is 89.0 Å². The highest BCUT2D eigenvalue weighted by Gasteiger charge is 2.16. The van der Waals surface area contributed by atoms with E-state index in [1.165, 1.54) is 0 Å². The quantitative estimate of drug-likeness (QED) is 0.495. The zero-order valence-corrected chi connectivity index (χ0v) is 13.8. The average molecular weight is 327 g/mol. The summed E-state index contributed by atoms with van der Waals surface area (Å²) in [6, 6.07) is 21.0. The predicted octanol–water partition coefficient (Wildman–Crippen LogP) is 5.24. The third-order valence-corrected chi connectivity index (χ3v) is 4.42. The summed E-state index contributed by atoms with van der Waals surface area (Å²) in [6.07, 6.45) is 2.09. The molecule has 4 rings (SSSR count). The van der Waals surface area contributed by atoms with Crippen LogP contribution in [0.25, 0.3) is 11.6 Å². The number of aromatic hydroxyl groups is 1. The number of benzene rings is 3. The van der Waals surface area contributed by atoms with Crippen LogP contribution in [0.3, 0.4) is 0 Å². The molecule has 0 fully saturated rings. The van der Waals surface area contributed by atoms with Gasteiger partial charge in [0.05, 0.1) is 0 Å². The molecule has 0 amide bonds. The molecule has 2 N–H and O–H groups in total. The van der Waals surface area contributed by atoms with Crippen molar-refractivity contribution >= 4 is 28.8 Å². The number of nitrogens with one attached hydrogen (secondary N) is 1. The molecule has 0 aliphatic carbocycles. The van der Waals surface area contributed by atoms with Crippen LogP contribution in [0.1, 0.15) is 34.0 Å². The summed E-state index contributed by atoms with van der Waals surface area (Å²) in [6.45, 7) is 1.57. The number of hydrogen-bond donors (Lipinski definition) is 2. The van der Waals surface area contributed by atoms with Gasteiger partial charge in [-0.25, -0.2) is 0 Å². The second-order valence-corrected chi connectivity index (χ2v) is 6.13. The lowest BCUT2D eigenvalue weighted by molar-refractivity contribution is 0.101. The summed E-state index contributed by atoms with van der Waals surface area (Å²) in [7, 11) is 0. The number of carbonyl (C=O) groups is 1. The molecule has 3 nitrogen and oxygen atoms in total. The van der Waals surface area contributed by atoms with Gasteiger partial charge in [-0.2, -0.15) is 0 Å². The largest absolute Gasteiger partial charge is 0.508 e. The molecule has 1 aliphatic heterocycles. The molecule has 0 aromatic heterocycles. The molecular formula is C22H17NO2. The van der Waals surface area contributed by atoms with Gasteiger partial charge in [0.2, 0.25) is 0 Å². The molecule has 3 aromatic carbocycles. The number of rotatable bonds is 2. The van der Waals surface area contributed by atoms with E-state index in [0.29, 0.717) is 5.56 Å². The predicted molar refractivity (Wildman–Crippen MR) is 101 cm³/mol. The lowest BCUT2D eigenvalue weighted by atomic mass is 9.95. The van der Waals surface area contributed by atoms with E-state index in [9.17, 15) is 9.90 Å². The van der Waals surface area contributed by atoms with Crippen molar-refractivity contribution in [3.63, 3.8) is 0 Å². The summed E-state index contributed by atoms with van der Waals surface area (Å²) in [5.41, 5.74) is 6.76. The third kappa shape index (κ3) is 2.81. The Morgan fingerprint density at radius 2 is 1.68 bits per heavy atom. The molecule has 0 saturated carbocycles. The summed E-state index contributed by atoms with van der Waals surface area (Å²) in [4.78, 5) is 11.8. The highest BCUT2D eigenvalue weighted by atomic mass is 16.3. The summed E-state index contributed by atoms with van der Waals surface area (Å²) in [5, 5.41) is 13.1. The van der Waals surface area contributed by atoms with Gasteiger partial charge in [-0.3, -0.25) is 4.79 Å². The van der Waals surface area contributed by atoms with Crippen molar-refractivity contribution in [1.82, 2.24) is 0 Å². The topological polar surface area (TPSA) is 49.3 Å². The molecule has 0 unspecified atom stereocenters. The van der Waals surface area contributed by atoms with Gasteiger partial charge in [-0.1, -0.05) is 30.3 Å². The maximum Gasteiger partial charge on any atom is 0.159 e. The Kier molecular flexibility index (Phi) is 3.62. The van der Waals surface area contributed by atoms with E-state index in [2.05, 4.69) is 17.5 Å². The summed E-state index contributed by atoms with van der Waals surface area (Å²) in [5.74, 6) is 0.285. The minimum absolute atomic E-state index is 0.0455. The van der Waals surface area contributed by atoms with Gasteiger partial charge in [0.25, 0.3) is 0 Å². The van der Waals surface area contributed by atoms with Crippen LogP contribution in [0.15, 0.2) is 66.7 Å². The van der Waals surface area contributed by atoms with E-state index >= 15 is 0 Å². The zero-order chi connectivity index (χ0) is 17.4. The van der Waals surface area contributed by atoms with Gasteiger partial charge in [-0.15, -0.1) is 0 Å². The van der Waals surface area contributed by atoms with E-state index in [0.717, 1.165) is 33.6 Å². The van der Waals surface area contributed by atoms with E-state index in [1.54, 1.807) is 19.1 Å². The second kappa shape index (κ2) is 5.95. The molecule has 1 heterocycles. The third-order valence-electron chi connectivity index (χ3n) is 4.42. The maximum absolute atomic E-state index is 11.8. The molecule has 0 bridgehead atoms. The second-order valence-electron chi connectivity index (χ2n) is 6.13. The van der Waals surface area contributed by atoms with Crippen LogP contribution in [-0.4, -0.2) is 10.9 Å². The number of phenols is 1. The van der Waals surface area contributed by atoms with Gasteiger partial charge in [0.15, 0.2) is 5.78 Å². The number of fused-ring (bicyclic) bond motifs is 2. The normalized spacial score (nSPS) is 12.3. The monoisotopic (exact) mass is 327 g/mol. The summed E-state index contributed by atoms with van der Waals surface area (Å²) >= 11 is 0. The highest BCUT2D eigenvalue weighted by molar-refractivity contribution is 6.02. The number of carbonyl (C=O) groups excluding carboxylic acids is 1. The molecule has 0 atom stereocenters. The Hall–Kier alpha value is -3.33. The molecule has 0 saturated heterocycles. The van der Waals surface area contributed by atoms with Crippen LogP contribution >= 0.6 is 0 Å². The fraction of sp³-hybridized carbons (Fsp3) is 0.0455. The first kappa shape index (κ1) is 15.2. The fourth-order valence-electron chi connectivity index (χ4n) is 3.10. The SMILES string of the molecule is CC(=O)c1ccc2c(c1)C=C(c1ccc(O)cc1)c1ccccc1N2. The Bertz CT molecular complexity index is 1000. The average Bonchev–Trinajstić information content (AvgIpc) is 2.78. The van der Waals surface area contributed by atoms with Crippen LogP contribution in [0, 0.1) is 0 Å².